The Morgan fingerprint density at radius 1 is 0.926 bits per heavy atom. The van der Waals surface area contributed by atoms with Crippen LogP contribution >= 0.6 is 0 Å². The molecule has 0 radical (unpaired) electrons. The van der Waals surface area contributed by atoms with Crippen molar-refractivity contribution >= 4 is 33.7 Å². The topological polar surface area (TPSA) is 70.4 Å². The highest BCUT2D eigenvalue weighted by Crippen LogP contribution is 2.35. The molecular formula is C21H16N2O4. The van der Waals surface area contributed by atoms with Crippen molar-refractivity contribution in [2.45, 2.75) is 0 Å². The van der Waals surface area contributed by atoms with Crippen molar-refractivity contribution in [3.05, 3.63) is 66.4 Å². The lowest BCUT2D eigenvalue weighted by Gasteiger charge is -2.10. The zero-order valence-electron chi connectivity index (χ0n) is 14.8. The van der Waals surface area contributed by atoms with Crippen molar-refractivity contribution in [2.75, 3.05) is 14.2 Å². The van der Waals surface area contributed by atoms with E-state index in [1.165, 1.54) is 18.9 Å². The van der Waals surface area contributed by atoms with E-state index in [4.69, 9.17) is 9.47 Å². The summed E-state index contributed by atoms with van der Waals surface area (Å²) in [5, 5.41) is 6.64. The molecule has 27 heavy (non-hydrogen) atoms. The van der Waals surface area contributed by atoms with E-state index in [2.05, 4.69) is 5.10 Å². The number of hydrogen-bond acceptors (Lipinski definition) is 5. The van der Waals surface area contributed by atoms with Crippen LogP contribution in [0.1, 0.15) is 10.4 Å². The van der Waals surface area contributed by atoms with E-state index in [9.17, 15) is 9.59 Å². The molecule has 6 nitrogen and oxygen atoms in total. The van der Waals surface area contributed by atoms with Gasteiger partial charge in [0.2, 0.25) is 0 Å². The lowest BCUT2D eigenvalue weighted by atomic mass is 9.96. The van der Waals surface area contributed by atoms with E-state index in [1.54, 1.807) is 24.4 Å². The summed E-state index contributed by atoms with van der Waals surface area (Å²) in [6, 6.07) is 17.0. The van der Waals surface area contributed by atoms with Gasteiger partial charge in [-0.3, -0.25) is 0 Å². The normalized spacial score (nSPS) is 10.9. The molecule has 0 bridgehead atoms. The highest BCUT2D eigenvalue weighted by atomic mass is 16.5. The first-order valence-corrected chi connectivity index (χ1v) is 8.30. The van der Waals surface area contributed by atoms with Gasteiger partial charge in [0.1, 0.15) is 0 Å². The van der Waals surface area contributed by atoms with E-state index in [0.29, 0.717) is 11.1 Å². The number of rotatable bonds is 2. The number of nitrogens with zero attached hydrogens (tertiary/aromatic N) is 2. The zero-order chi connectivity index (χ0) is 19.0. The quantitative estimate of drug-likeness (QED) is 0.500. The first-order chi connectivity index (χ1) is 13.1. The van der Waals surface area contributed by atoms with Crippen LogP contribution in [0.3, 0.4) is 0 Å². The predicted molar refractivity (Wildman–Crippen MR) is 102 cm³/mol. The Hall–Kier alpha value is -3.67. The van der Waals surface area contributed by atoms with Crippen molar-refractivity contribution in [2.24, 2.45) is 0 Å². The fourth-order valence-electron chi connectivity index (χ4n) is 3.26. The van der Waals surface area contributed by atoms with Crippen molar-refractivity contribution in [1.82, 2.24) is 9.78 Å². The summed E-state index contributed by atoms with van der Waals surface area (Å²) in [6.45, 7) is 0. The molecule has 0 atom stereocenters. The van der Waals surface area contributed by atoms with Crippen LogP contribution in [-0.2, 0) is 9.47 Å². The summed E-state index contributed by atoms with van der Waals surface area (Å²) in [4.78, 5) is 24.1. The molecule has 134 valence electrons. The molecule has 0 unspecified atom stereocenters. The molecule has 0 spiro atoms. The number of fused-ring (bicyclic) bond motifs is 3. The summed E-state index contributed by atoms with van der Waals surface area (Å²) in [5.41, 5.74) is 2.97. The van der Waals surface area contributed by atoms with Crippen LogP contribution in [-0.4, -0.2) is 36.1 Å². The van der Waals surface area contributed by atoms with Crippen LogP contribution in [0.5, 0.6) is 0 Å². The lowest BCUT2D eigenvalue weighted by Crippen LogP contribution is -2.12. The summed E-state index contributed by atoms with van der Waals surface area (Å²) in [7, 11) is 2.66. The Labute approximate surface area is 154 Å². The highest BCUT2D eigenvalue weighted by molar-refractivity contribution is 6.15. The van der Waals surface area contributed by atoms with Crippen molar-refractivity contribution in [1.29, 1.82) is 0 Å². The first-order valence-electron chi connectivity index (χ1n) is 8.30. The number of carbonyl (C=O) groups excluding carboxylic acids is 2. The molecule has 0 amide bonds. The van der Waals surface area contributed by atoms with Gasteiger partial charge in [0, 0.05) is 10.8 Å². The number of ether oxygens (including phenoxy) is 2. The third-order valence-electron chi connectivity index (χ3n) is 4.52. The average Bonchev–Trinajstić information content (AvgIpc) is 3.17. The van der Waals surface area contributed by atoms with E-state index < -0.39 is 12.1 Å². The minimum Gasteiger partial charge on any atom is -0.465 e. The second kappa shape index (κ2) is 6.57. The van der Waals surface area contributed by atoms with Crippen LogP contribution in [0.2, 0.25) is 0 Å². The summed E-state index contributed by atoms with van der Waals surface area (Å²) >= 11 is 0. The standard InChI is InChI=1S/C21H16N2O4/c1-26-20(24)14-8-9-16-15(10-14)11-17(13-6-4-3-5-7-13)18-12-22-23(19(16)18)21(25)27-2/h3-12H,1-2H3. The third kappa shape index (κ3) is 2.71. The van der Waals surface area contributed by atoms with Crippen molar-refractivity contribution in [3.63, 3.8) is 0 Å². The molecule has 4 rings (SSSR count). The maximum absolute atomic E-state index is 12.2. The minimum atomic E-state index is -0.575. The maximum Gasteiger partial charge on any atom is 0.434 e. The SMILES string of the molecule is COC(=O)c1ccc2c(c1)cc(-c1ccccc1)c1cnn(C(=O)OC)c12. The highest BCUT2D eigenvalue weighted by Gasteiger charge is 2.18. The van der Waals surface area contributed by atoms with Gasteiger partial charge in [-0.15, -0.1) is 0 Å². The van der Waals surface area contributed by atoms with E-state index >= 15 is 0 Å². The fourth-order valence-corrected chi connectivity index (χ4v) is 3.26. The second-order valence-electron chi connectivity index (χ2n) is 6.01. The molecule has 3 aromatic carbocycles. The maximum atomic E-state index is 12.2. The predicted octanol–water partition coefficient (Wildman–Crippen LogP) is 4.26. The summed E-state index contributed by atoms with van der Waals surface area (Å²) in [5.74, 6) is -0.417. The first kappa shape index (κ1) is 16.8. The van der Waals surface area contributed by atoms with Gasteiger partial charge >= 0.3 is 12.1 Å². The van der Waals surface area contributed by atoms with Crippen LogP contribution in [0.4, 0.5) is 4.79 Å². The van der Waals surface area contributed by atoms with Gasteiger partial charge in [-0.25, -0.2) is 9.59 Å². The number of benzene rings is 3. The van der Waals surface area contributed by atoms with Gasteiger partial charge in [-0.1, -0.05) is 36.4 Å². The summed E-state index contributed by atoms with van der Waals surface area (Å²) in [6.07, 6.45) is 1.08. The number of hydrogen-bond donors (Lipinski definition) is 0. The molecule has 1 aromatic heterocycles. The average molecular weight is 360 g/mol. The Bertz CT molecular complexity index is 1180. The van der Waals surface area contributed by atoms with Crippen LogP contribution < -0.4 is 0 Å². The third-order valence-corrected chi connectivity index (χ3v) is 4.52. The molecule has 4 aromatic rings. The lowest BCUT2D eigenvalue weighted by molar-refractivity contribution is 0.0601. The molecule has 0 N–H and O–H groups in total. The Morgan fingerprint density at radius 3 is 2.41 bits per heavy atom. The van der Waals surface area contributed by atoms with Gasteiger partial charge in [-0.2, -0.15) is 9.78 Å². The Morgan fingerprint density at radius 2 is 1.70 bits per heavy atom. The molecule has 1 heterocycles. The van der Waals surface area contributed by atoms with E-state index in [-0.39, 0.29) is 0 Å². The van der Waals surface area contributed by atoms with Crippen LogP contribution in [0, 0.1) is 0 Å². The number of esters is 1. The Kier molecular flexibility index (Phi) is 4.08. The van der Waals surface area contributed by atoms with Crippen molar-refractivity contribution in [3.8, 4) is 11.1 Å². The molecule has 0 fully saturated rings. The minimum absolute atomic E-state index is 0.417. The number of carbonyl (C=O) groups is 2. The molecule has 0 aliphatic heterocycles. The number of methoxy groups -OCH3 is 2. The molecule has 0 aliphatic rings. The largest absolute Gasteiger partial charge is 0.465 e. The monoisotopic (exact) mass is 360 g/mol. The summed E-state index contributed by atoms with van der Waals surface area (Å²) < 4.78 is 10.9. The fraction of sp³-hybridized carbons (Fsp3) is 0.0952. The van der Waals surface area contributed by atoms with Crippen LogP contribution in [0.25, 0.3) is 32.8 Å². The van der Waals surface area contributed by atoms with Gasteiger partial charge in [0.25, 0.3) is 0 Å². The van der Waals surface area contributed by atoms with E-state index in [1.807, 2.05) is 36.4 Å². The molecule has 0 aliphatic carbocycles. The number of aromatic nitrogens is 2. The molecule has 0 saturated heterocycles. The zero-order valence-corrected chi connectivity index (χ0v) is 14.8. The molecule has 6 heteroatoms. The smallest absolute Gasteiger partial charge is 0.434 e. The van der Waals surface area contributed by atoms with Crippen molar-refractivity contribution < 1.29 is 19.1 Å². The van der Waals surface area contributed by atoms with Gasteiger partial charge in [0.05, 0.1) is 31.5 Å². The van der Waals surface area contributed by atoms with Gasteiger partial charge < -0.3 is 9.47 Å². The molecular weight excluding hydrogens is 344 g/mol. The van der Waals surface area contributed by atoms with Crippen LogP contribution in [0.15, 0.2) is 60.8 Å². The van der Waals surface area contributed by atoms with Gasteiger partial charge in [0.15, 0.2) is 0 Å². The molecule has 0 saturated carbocycles. The Balaban J connectivity index is 2.11. The van der Waals surface area contributed by atoms with Gasteiger partial charge in [-0.05, 0) is 34.7 Å². The second-order valence-corrected chi connectivity index (χ2v) is 6.01. The van der Waals surface area contributed by atoms with E-state index in [0.717, 1.165) is 27.3 Å².